The highest BCUT2D eigenvalue weighted by atomic mass is 15.2. The van der Waals surface area contributed by atoms with E-state index in [4.69, 9.17) is 4.98 Å². The van der Waals surface area contributed by atoms with E-state index in [-0.39, 0.29) is 28.4 Å². The van der Waals surface area contributed by atoms with Crippen molar-refractivity contribution in [2.45, 2.75) is 77.0 Å². The van der Waals surface area contributed by atoms with Gasteiger partial charge in [0.1, 0.15) is 0 Å². The van der Waals surface area contributed by atoms with Crippen LogP contribution < -0.4 is 16.4 Å². The molecule has 10 aromatic rings. The normalized spacial score (nSPS) is 17.7. The van der Waals surface area contributed by atoms with Gasteiger partial charge in [-0.3, -0.25) is 8.97 Å². The Hall–Kier alpha value is -6.13. The number of nitrogens with zero attached hydrogens (tertiary/aromatic N) is 3. The molecule has 13 rings (SSSR count). The fourth-order valence-electron chi connectivity index (χ4n) is 12.2. The summed E-state index contributed by atoms with van der Waals surface area (Å²) in [6.45, 7) is 19.5. The quantitative estimate of drug-likeness (QED) is 0.161. The Morgan fingerprint density at radius 2 is 1.10 bits per heavy atom. The number of imidazole rings is 1. The summed E-state index contributed by atoms with van der Waals surface area (Å²) in [5, 5.41) is 7.94. The van der Waals surface area contributed by atoms with Crippen LogP contribution in [0, 0.1) is 0 Å². The van der Waals surface area contributed by atoms with Gasteiger partial charge in [-0.2, -0.15) is 0 Å². The summed E-state index contributed by atoms with van der Waals surface area (Å²) in [6, 6.07) is 50.9. The van der Waals surface area contributed by atoms with Gasteiger partial charge in [0, 0.05) is 16.2 Å². The summed E-state index contributed by atoms with van der Waals surface area (Å²) in [6.07, 6.45) is 0. The molecule has 0 atom stereocenters. The zero-order chi connectivity index (χ0) is 40.1. The van der Waals surface area contributed by atoms with Crippen LogP contribution in [0.3, 0.4) is 0 Å². The Labute approximate surface area is 345 Å². The molecule has 59 heavy (non-hydrogen) atoms. The molecular weight excluding hydrogens is 713 g/mol. The van der Waals surface area contributed by atoms with Crippen molar-refractivity contribution in [3.8, 4) is 16.8 Å². The van der Waals surface area contributed by atoms with E-state index < -0.39 is 0 Å². The van der Waals surface area contributed by atoms with Gasteiger partial charge in [-0.05, 0) is 100 Å². The molecule has 2 aliphatic carbocycles. The Bertz CT molecular complexity index is 3540. The highest BCUT2D eigenvalue weighted by Crippen LogP contribution is 2.57. The van der Waals surface area contributed by atoms with Gasteiger partial charge in [0.05, 0.1) is 27.8 Å². The first-order valence-electron chi connectivity index (χ1n) is 21.4. The maximum absolute atomic E-state index is 5.87. The molecule has 0 saturated heterocycles. The molecule has 0 N–H and O–H groups in total. The lowest BCUT2D eigenvalue weighted by Crippen LogP contribution is -2.57. The van der Waals surface area contributed by atoms with Crippen LogP contribution >= 0.6 is 0 Å². The number of hydrogen-bond donors (Lipinski definition) is 0. The Kier molecular flexibility index (Phi) is 6.04. The molecular formula is C55H46BN3. The van der Waals surface area contributed by atoms with Crippen molar-refractivity contribution in [2.24, 2.45) is 0 Å². The molecule has 0 saturated carbocycles. The largest absolute Gasteiger partial charge is 0.280 e. The first-order chi connectivity index (χ1) is 28.3. The summed E-state index contributed by atoms with van der Waals surface area (Å²) >= 11 is 0. The molecule has 0 bridgehead atoms. The van der Waals surface area contributed by atoms with Crippen LogP contribution in [0.5, 0.6) is 0 Å². The lowest BCUT2D eigenvalue weighted by Gasteiger charge is -2.37. The summed E-state index contributed by atoms with van der Waals surface area (Å²) in [7, 11) is 0. The van der Waals surface area contributed by atoms with Gasteiger partial charge in [-0.1, -0.05) is 176 Å². The summed E-state index contributed by atoms with van der Waals surface area (Å²) < 4.78 is 5.14. The van der Waals surface area contributed by atoms with Crippen molar-refractivity contribution >= 4 is 83.3 Å². The lowest BCUT2D eigenvalue weighted by atomic mass is 9.34. The first-order valence-corrected chi connectivity index (χ1v) is 21.4. The van der Waals surface area contributed by atoms with E-state index >= 15 is 0 Å². The lowest BCUT2D eigenvalue weighted by molar-refractivity contribution is 0.322. The van der Waals surface area contributed by atoms with Crippen molar-refractivity contribution in [3.63, 3.8) is 0 Å². The van der Waals surface area contributed by atoms with Crippen LogP contribution in [0.4, 0.5) is 0 Å². The van der Waals surface area contributed by atoms with Gasteiger partial charge in [0.2, 0.25) is 12.5 Å². The van der Waals surface area contributed by atoms with Gasteiger partial charge in [-0.15, -0.1) is 0 Å². The van der Waals surface area contributed by atoms with E-state index in [1.54, 1.807) is 0 Å². The van der Waals surface area contributed by atoms with Crippen LogP contribution in [0.25, 0.3) is 77.0 Å². The van der Waals surface area contributed by atoms with Gasteiger partial charge in [0.15, 0.2) is 0 Å². The monoisotopic (exact) mass is 759 g/mol. The molecule has 1 aliphatic heterocycles. The third kappa shape index (κ3) is 3.73. The molecule has 0 fully saturated rings. The summed E-state index contributed by atoms with van der Waals surface area (Å²) in [5.74, 6) is 0.970. The topological polar surface area (TPSA) is 22.2 Å². The standard InChI is InChI=1S/C55H46BN3/c1-52(2)37-25-16-23-34-45(37)39(54(52,5)6)29-41-48(34)59-50-44-32(28-36(31-18-11-9-12-19-31)47(50)56(41)33-21-13-10-14-22-33)20-15-27-43(44)58-49-35-24-17-26-38-46(35)40(30-42(49)57-51(58)59)55(7,8)53(38,3)4/h9-30H,1-8H3. The second-order valence-corrected chi connectivity index (χ2v) is 20.0. The minimum atomic E-state index is -0.0826. The Morgan fingerprint density at radius 1 is 0.508 bits per heavy atom. The van der Waals surface area contributed by atoms with Crippen molar-refractivity contribution < 1.29 is 0 Å². The number of aromatic nitrogens is 3. The van der Waals surface area contributed by atoms with Crippen LogP contribution in [0.1, 0.15) is 77.6 Å². The second-order valence-electron chi connectivity index (χ2n) is 20.0. The zero-order valence-electron chi connectivity index (χ0n) is 35.1. The van der Waals surface area contributed by atoms with Gasteiger partial charge >= 0.3 is 0 Å². The van der Waals surface area contributed by atoms with E-state index in [1.165, 1.54) is 104 Å². The van der Waals surface area contributed by atoms with Crippen LogP contribution in [0.2, 0.25) is 0 Å². The molecule has 3 nitrogen and oxygen atoms in total. The van der Waals surface area contributed by atoms with Crippen molar-refractivity contribution in [1.82, 2.24) is 14.0 Å². The molecule has 0 spiro atoms. The fourth-order valence-corrected chi connectivity index (χ4v) is 12.2. The highest BCUT2D eigenvalue weighted by molar-refractivity contribution is 6.99. The molecule has 8 aromatic carbocycles. The third-order valence-electron chi connectivity index (χ3n) is 16.6. The van der Waals surface area contributed by atoms with Crippen molar-refractivity contribution in [2.75, 3.05) is 0 Å². The molecule has 284 valence electrons. The molecule has 0 amide bonds. The maximum Gasteiger partial charge on any atom is 0.247 e. The van der Waals surface area contributed by atoms with Gasteiger partial charge in [-0.25, -0.2) is 4.98 Å². The van der Waals surface area contributed by atoms with E-state index in [9.17, 15) is 0 Å². The number of hydrogen-bond acceptors (Lipinski definition) is 1. The van der Waals surface area contributed by atoms with Gasteiger partial charge in [0.25, 0.3) is 0 Å². The first kappa shape index (κ1) is 33.8. The molecule has 3 aliphatic rings. The van der Waals surface area contributed by atoms with E-state index in [0.29, 0.717) is 0 Å². The highest BCUT2D eigenvalue weighted by Gasteiger charge is 2.50. The van der Waals surface area contributed by atoms with E-state index in [2.05, 4.69) is 198 Å². The smallest absolute Gasteiger partial charge is 0.247 e. The van der Waals surface area contributed by atoms with Gasteiger partial charge < -0.3 is 0 Å². The minimum absolute atomic E-state index is 0.00604. The average molecular weight is 760 g/mol. The molecule has 4 heteroatoms. The SMILES string of the molecule is CC1(C)c2cccc3c4c(cc(c23)C1(C)C)B(c1ccccc1)c1c(-c2ccccc2)cc2cccc3c2c1n-4c1nc2cc4c5c(cccc5c2n31)C(C)(C)C4(C)C. The number of benzene rings is 8. The third-order valence-corrected chi connectivity index (χ3v) is 16.6. The minimum Gasteiger partial charge on any atom is -0.280 e. The number of fused-ring (bicyclic) bond motifs is 9. The molecule has 0 unspecified atom stereocenters. The van der Waals surface area contributed by atoms with E-state index in [1.807, 2.05) is 0 Å². The van der Waals surface area contributed by atoms with Crippen molar-refractivity contribution in [1.29, 1.82) is 0 Å². The molecule has 3 heterocycles. The summed E-state index contributed by atoms with van der Waals surface area (Å²) in [5.41, 5.74) is 18.0. The molecule has 0 radical (unpaired) electrons. The van der Waals surface area contributed by atoms with Crippen LogP contribution in [-0.4, -0.2) is 20.7 Å². The summed E-state index contributed by atoms with van der Waals surface area (Å²) in [4.78, 5) is 5.87. The molecule has 2 aromatic heterocycles. The maximum atomic E-state index is 5.87. The zero-order valence-corrected chi connectivity index (χ0v) is 35.1. The average Bonchev–Trinajstić information content (AvgIpc) is 3.76. The predicted octanol–water partition coefficient (Wildman–Crippen LogP) is 11.5. The Balaban J connectivity index is 1.33. The number of rotatable bonds is 2. The Morgan fingerprint density at radius 3 is 1.80 bits per heavy atom. The second kappa shape index (κ2) is 10.5. The van der Waals surface area contributed by atoms with Crippen LogP contribution in [-0.2, 0) is 21.7 Å². The van der Waals surface area contributed by atoms with Crippen molar-refractivity contribution in [3.05, 3.63) is 156 Å². The van der Waals surface area contributed by atoms with E-state index in [0.717, 1.165) is 11.3 Å². The predicted molar refractivity (Wildman–Crippen MR) is 251 cm³/mol. The fraction of sp³-hybridized carbons (Fsp3) is 0.218. The van der Waals surface area contributed by atoms with Crippen LogP contribution in [0.15, 0.2) is 133 Å².